The summed E-state index contributed by atoms with van der Waals surface area (Å²) < 4.78 is 7.33. The SMILES string of the molecule is CCn1nnnc1NC(=O)NCC[C@@H]1OCCc2ccccc21. The van der Waals surface area contributed by atoms with Crippen molar-refractivity contribution >= 4 is 12.0 Å². The van der Waals surface area contributed by atoms with Crippen LogP contribution in [-0.2, 0) is 17.7 Å². The number of nitrogens with zero attached hydrogens (tertiary/aromatic N) is 4. The second kappa shape index (κ2) is 7.19. The van der Waals surface area contributed by atoms with Crippen LogP contribution in [-0.4, -0.2) is 39.4 Å². The third-order valence-corrected chi connectivity index (χ3v) is 3.84. The molecule has 2 amide bonds. The Hall–Kier alpha value is -2.48. The van der Waals surface area contributed by atoms with Gasteiger partial charge in [0.25, 0.3) is 5.95 Å². The molecule has 0 aliphatic carbocycles. The van der Waals surface area contributed by atoms with Crippen molar-refractivity contribution in [3.63, 3.8) is 0 Å². The number of nitrogens with one attached hydrogen (secondary N) is 2. The van der Waals surface area contributed by atoms with E-state index in [9.17, 15) is 4.79 Å². The summed E-state index contributed by atoms with van der Waals surface area (Å²) >= 11 is 0. The topological polar surface area (TPSA) is 94.0 Å². The number of ether oxygens (including phenoxy) is 1. The van der Waals surface area contributed by atoms with Crippen molar-refractivity contribution in [3.8, 4) is 0 Å². The number of aromatic nitrogens is 4. The number of urea groups is 1. The lowest BCUT2D eigenvalue weighted by Crippen LogP contribution is -2.32. The molecule has 0 bridgehead atoms. The van der Waals surface area contributed by atoms with Crippen LogP contribution in [0, 0.1) is 0 Å². The largest absolute Gasteiger partial charge is 0.373 e. The Morgan fingerprint density at radius 2 is 2.30 bits per heavy atom. The highest BCUT2D eigenvalue weighted by Crippen LogP contribution is 2.28. The van der Waals surface area contributed by atoms with Gasteiger partial charge in [-0.05, 0) is 41.3 Å². The van der Waals surface area contributed by atoms with Crippen LogP contribution in [0.4, 0.5) is 10.7 Å². The smallest absolute Gasteiger partial charge is 0.321 e. The minimum atomic E-state index is -0.321. The lowest BCUT2D eigenvalue weighted by molar-refractivity contribution is 0.0373. The zero-order valence-electron chi connectivity index (χ0n) is 13.0. The third-order valence-electron chi connectivity index (χ3n) is 3.84. The molecule has 122 valence electrons. The molecule has 0 saturated heterocycles. The molecule has 23 heavy (non-hydrogen) atoms. The lowest BCUT2D eigenvalue weighted by Gasteiger charge is -2.26. The van der Waals surface area contributed by atoms with E-state index in [0.29, 0.717) is 19.0 Å². The zero-order chi connectivity index (χ0) is 16.1. The number of hydrogen-bond acceptors (Lipinski definition) is 5. The van der Waals surface area contributed by atoms with Crippen LogP contribution in [0.2, 0.25) is 0 Å². The number of fused-ring (bicyclic) bond motifs is 1. The van der Waals surface area contributed by atoms with Crippen molar-refractivity contribution in [1.82, 2.24) is 25.5 Å². The molecule has 0 radical (unpaired) electrons. The van der Waals surface area contributed by atoms with Gasteiger partial charge in [-0.2, -0.15) is 0 Å². The first-order valence-corrected chi connectivity index (χ1v) is 7.78. The van der Waals surface area contributed by atoms with Crippen LogP contribution in [0.5, 0.6) is 0 Å². The standard InChI is InChI=1S/C15H20N6O2/c1-2-21-14(18-19-20-21)17-15(22)16-9-7-13-12-6-4-3-5-11(12)8-10-23-13/h3-6,13H,2,7-10H2,1H3,(H2,16,17,18,20,22)/t13-/m0/s1. The van der Waals surface area contributed by atoms with Gasteiger partial charge in [-0.25, -0.2) is 9.48 Å². The summed E-state index contributed by atoms with van der Waals surface area (Å²) in [5, 5.41) is 16.5. The van der Waals surface area contributed by atoms with Gasteiger partial charge in [0.05, 0.1) is 12.7 Å². The van der Waals surface area contributed by atoms with Crippen molar-refractivity contribution in [2.45, 2.75) is 32.4 Å². The summed E-state index contributed by atoms with van der Waals surface area (Å²) in [6.45, 7) is 3.73. The molecule has 1 aromatic heterocycles. The fraction of sp³-hybridized carbons (Fsp3) is 0.467. The molecular formula is C15H20N6O2. The van der Waals surface area contributed by atoms with E-state index in [1.54, 1.807) is 0 Å². The second-order valence-electron chi connectivity index (χ2n) is 5.30. The monoisotopic (exact) mass is 316 g/mol. The molecule has 1 aliphatic heterocycles. The predicted octanol–water partition coefficient (Wildman–Crippen LogP) is 1.52. The summed E-state index contributed by atoms with van der Waals surface area (Å²) in [4.78, 5) is 11.9. The van der Waals surface area contributed by atoms with E-state index in [1.807, 2.05) is 19.1 Å². The van der Waals surface area contributed by atoms with Gasteiger partial charge >= 0.3 is 6.03 Å². The van der Waals surface area contributed by atoms with Crippen molar-refractivity contribution < 1.29 is 9.53 Å². The molecule has 2 N–H and O–H groups in total. The van der Waals surface area contributed by atoms with Gasteiger partial charge in [0.15, 0.2) is 0 Å². The van der Waals surface area contributed by atoms with Gasteiger partial charge in [-0.1, -0.05) is 29.4 Å². The number of carbonyl (C=O) groups excluding carboxylic acids is 1. The molecule has 3 rings (SSSR count). The maximum Gasteiger partial charge on any atom is 0.321 e. The Kier molecular flexibility index (Phi) is 4.82. The summed E-state index contributed by atoms with van der Waals surface area (Å²) in [5.41, 5.74) is 2.55. The van der Waals surface area contributed by atoms with Crippen LogP contribution in [0.15, 0.2) is 24.3 Å². The van der Waals surface area contributed by atoms with E-state index in [1.165, 1.54) is 15.8 Å². The molecule has 1 aromatic carbocycles. The molecule has 1 aliphatic rings. The first-order valence-electron chi connectivity index (χ1n) is 7.78. The summed E-state index contributed by atoms with van der Waals surface area (Å²) in [5.74, 6) is 0.337. The molecule has 1 atom stereocenters. The van der Waals surface area contributed by atoms with Gasteiger partial charge in [0.2, 0.25) is 0 Å². The Morgan fingerprint density at radius 3 is 3.17 bits per heavy atom. The van der Waals surface area contributed by atoms with Gasteiger partial charge in [0, 0.05) is 13.1 Å². The van der Waals surface area contributed by atoms with Gasteiger partial charge < -0.3 is 10.1 Å². The summed E-state index contributed by atoms with van der Waals surface area (Å²) in [7, 11) is 0. The highest BCUT2D eigenvalue weighted by Gasteiger charge is 2.20. The molecule has 0 fully saturated rings. The molecule has 8 nitrogen and oxygen atoms in total. The Balaban J connectivity index is 1.49. The van der Waals surface area contributed by atoms with Gasteiger partial charge in [0.1, 0.15) is 0 Å². The van der Waals surface area contributed by atoms with Crippen molar-refractivity contribution in [2.24, 2.45) is 0 Å². The molecule has 2 heterocycles. The summed E-state index contributed by atoms with van der Waals surface area (Å²) in [6.07, 6.45) is 1.70. The minimum Gasteiger partial charge on any atom is -0.373 e. The lowest BCUT2D eigenvalue weighted by atomic mass is 9.96. The van der Waals surface area contributed by atoms with Crippen molar-refractivity contribution in [3.05, 3.63) is 35.4 Å². The highest BCUT2D eigenvalue weighted by atomic mass is 16.5. The number of carbonyl (C=O) groups is 1. The van der Waals surface area contributed by atoms with E-state index in [0.717, 1.165) is 19.4 Å². The molecule has 2 aromatic rings. The number of tetrazole rings is 1. The fourth-order valence-electron chi connectivity index (χ4n) is 2.69. The molecule has 8 heteroatoms. The minimum absolute atomic E-state index is 0.0289. The Labute approximate surface area is 134 Å². The van der Waals surface area contributed by atoms with E-state index in [-0.39, 0.29) is 12.1 Å². The summed E-state index contributed by atoms with van der Waals surface area (Å²) in [6, 6.07) is 7.97. The van der Waals surface area contributed by atoms with E-state index in [2.05, 4.69) is 38.3 Å². The van der Waals surface area contributed by atoms with E-state index < -0.39 is 0 Å². The number of hydrogen-bond donors (Lipinski definition) is 2. The van der Waals surface area contributed by atoms with Crippen LogP contribution >= 0.6 is 0 Å². The number of anilines is 1. The first-order chi connectivity index (χ1) is 11.3. The highest BCUT2D eigenvalue weighted by molar-refractivity contribution is 5.87. The van der Waals surface area contributed by atoms with Crippen molar-refractivity contribution in [2.75, 3.05) is 18.5 Å². The normalized spacial score (nSPS) is 16.7. The number of rotatable bonds is 5. The average Bonchev–Trinajstić information content (AvgIpc) is 3.02. The number of aryl methyl sites for hydroxylation is 1. The second-order valence-corrected chi connectivity index (χ2v) is 5.30. The number of benzene rings is 1. The van der Waals surface area contributed by atoms with Crippen LogP contribution in [0.25, 0.3) is 0 Å². The molecule has 0 spiro atoms. The first kappa shape index (κ1) is 15.4. The predicted molar refractivity (Wildman–Crippen MR) is 84.0 cm³/mol. The molecule has 0 unspecified atom stereocenters. The van der Waals surface area contributed by atoms with E-state index >= 15 is 0 Å². The average molecular weight is 316 g/mol. The van der Waals surface area contributed by atoms with Crippen molar-refractivity contribution in [1.29, 1.82) is 0 Å². The Morgan fingerprint density at radius 1 is 1.43 bits per heavy atom. The molecular weight excluding hydrogens is 296 g/mol. The maximum atomic E-state index is 11.9. The fourth-order valence-corrected chi connectivity index (χ4v) is 2.69. The quantitative estimate of drug-likeness (QED) is 0.872. The van der Waals surface area contributed by atoms with Gasteiger partial charge in [-0.15, -0.1) is 0 Å². The third kappa shape index (κ3) is 3.65. The van der Waals surface area contributed by atoms with Crippen LogP contribution in [0.1, 0.15) is 30.6 Å². The zero-order valence-corrected chi connectivity index (χ0v) is 13.0. The number of amides is 2. The maximum absolute atomic E-state index is 11.9. The van der Waals surface area contributed by atoms with Crippen LogP contribution < -0.4 is 10.6 Å². The molecule has 0 saturated carbocycles. The Bertz CT molecular complexity index is 671. The van der Waals surface area contributed by atoms with E-state index in [4.69, 9.17) is 4.74 Å². The van der Waals surface area contributed by atoms with Gasteiger partial charge in [-0.3, -0.25) is 5.32 Å². The van der Waals surface area contributed by atoms with Crippen LogP contribution in [0.3, 0.4) is 0 Å².